The minimum atomic E-state index is 0.0849. The summed E-state index contributed by atoms with van der Waals surface area (Å²) in [6.07, 6.45) is 4.01. The molecule has 0 aromatic heterocycles. The first-order valence-corrected chi connectivity index (χ1v) is 10.0. The Balaban J connectivity index is 1.46. The third-order valence-electron chi connectivity index (χ3n) is 5.73. The molecule has 0 spiro atoms. The SMILES string of the molecule is COc1ccc(CC[C@H]2CC[C@@H](C)N2C(=O)c2ccc3c(c2)OCCO3)cc1. The van der Waals surface area contributed by atoms with Gasteiger partial charge in [0, 0.05) is 17.6 Å². The largest absolute Gasteiger partial charge is 0.497 e. The number of amides is 1. The molecule has 0 saturated carbocycles. The molecule has 0 unspecified atom stereocenters. The van der Waals surface area contributed by atoms with Crippen molar-refractivity contribution < 1.29 is 19.0 Å². The van der Waals surface area contributed by atoms with Crippen molar-refractivity contribution in [3.63, 3.8) is 0 Å². The normalized spacial score (nSPS) is 20.9. The molecule has 2 atom stereocenters. The average molecular weight is 381 g/mol. The zero-order valence-corrected chi connectivity index (χ0v) is 16.5. The van der Waals surface area contributed by atoms with Crippen molar-refractivity contribution in [2.75, 3.05) is 20.3 Å². The second-order valence-electron chi connectivity index (χ2n) is 7.54. The van der Waals surface area contributed by atoms with Crippen LogP contribution in [0, 0.1) is 0 Å². The zero-order chi connectivity index (χ0) is 19.5. The number of hydrogen-bond acceptors (Lipinski definition) is 4. The van der Waals surface area contributed by atoms with Gasteiger partial charge in [0.25, 0.3) is 5.91 Å². The van der Waals surface area contributed by atoms with Gasteiger partial charge in [-0.15, -0.1) is 0 Å². The molecule has 2 aromatic rings. The van der Waals surface area contributed by atoms with Crippen LogP contribution < -0.4 is 14.2 Å². The molecule has 0 N–H and O–H groups in total. The van der Waals surface area contributed by atoms with Crippen molar-refractivity contribution in [3.8, 4) is 17.2 Å². The topological polar surface area (TPSA) is 48.0 Å². The molecular formula is C23H27NO4. The Morgan fingerprint density at radius 2 is 1.82 bits per heavy atom. The summed E-state index contributed by atoms with van der Waals surface area (Å²) >= 11 is 0. The molecule has 0 radical (unpaired) electrons. The monoisotopic (exact) mass is 381 g/mol. The lowest BCUT2D eigenvalue weighted by atomic mass is 10.0. The highest BCUT2D eigenvalue weighted by atomic mass is 16.6. The highest BCUT2D eigenvalue weighted by Crippen LogP contribution is 2.34. The van der Waals surface area contributed by atoms with Crippen LogP contribution in [-0.2, 0) is 6.42 Å². The third kappa shape index (κ3) is 3.79. The number of fused-ring (bicyclic) bond motifs is 1. The maximum Gasteiger partial charge on any atom is 0.254 e. The van der Waals surface area contributed by atoms with Gasteiger partial charge in [-0.25, -0.2) is 0 Å². The van der Waals surface area contributed by atoms with E-state index in [1.54, 1.807) is 7.11 Å². The molecule has 4 rings (SSSR count). The first-order valence-electron chi connectivity index (χ1n) is 10.0. The number of rotatable bonds is 5. The van der Waals surface area contributed by atoms with Crippen LogP contribution >= 0.6 is 0 Å². The smallest absolute Gasteiger partial charge is 0.254 e. The van der Waals surface area contributed by atoms with E-state index in [4.69, 9.17) is 14.2 Å². The van der Waals surface area contributed by atoms with E-state index in [1.807, 2.05) is 30.3 Å². The minimum Gasteiger partial charge on any atom is -0.497 e. The molecule has 0 aliphatic carbocycles. The van der Waals surface area contributed by atoms with Crippen LogP contribution in [0.1, 0.15) is 42.1 Å². The number of ether oxygens (including phenoxy) is 3. The number of carbonyl (C=O) groups excluding carboxylic acids is 1. The van der Waals surface area contributed by atoms with Gasteiger partial charge < -0.3 is 19.1 Å². The van der Waals surface area contributed by atoms with Gasteiger partial charge >= 0.3 is 0 Å². The summed E-state index contributed by atoms with van der Waals surface area (Å²) in [5.74, 6) is 2.34. The van der Waals surface area contributed by atoms with Crippen LogP contribution in [0.25, 0.3) is 0 Å². The quantitative estimate of drug-likeness (QED) is 0.783. The van der Waals surface area contributed by atoms with Gasteiger partial charge in [-0.05, 0) is 68.5 Å². The van der Waals surface area contributed by atoms with Crippen LogP contribution in [0.15, 0.2) is 42.5 Å². The first kappa shape index (κ1) is 18.7. The third-order valence-corrected chi connectivity index (χ3v) is 5.73. The number of carbonyl (C=O) groups is 1. The predicted molar refractivity (Wildman–Crippen MR) is 107 cm³/mol. The van der Waals surface area contributed by atoms with Crippen LogP contribution in [0.5, 0.6) is 17.2 Å². The lowest BCUT2D eigenvalue weighted by molar-refractivity contribution is 0.0671. The molecule has 0 bridgehead atoms. The van der Waals surface area contributed by atoms with Crippen LogP contribution in [0.2, 0.25) is 0 Å². The summed E-state index contributed by atoms with van der Waals surface area (Å²) < 4.78 is 16.4. The Kier molecular flexibility index (Phi) is 5.42. The maximum atomic E-state index is 13.3. The Morgan fingerprint density at radius 1 is 1.07 bits per heavy atom. The molecule has 2 aliphatic heterocycles. The molecule has 2 aromatic carbocycles. The van der Waals surface area contributed by atoms with E-state index in [9.17, 15) is 4.79 Å². The number of nitrogens with zero attached hydrogens (tertiary/aromatic N) is 1. The molecule has 5 nitrogen and oxygen atoms in total. The van der Waals surface area contributed by atoms with Crippen molar-refractivity contribution in [2.45, 2.75) is 44.7 Å². The summed E-state index contributed by atoms with van der Waals surface area (Å²) in [5, 5.41) is 0. The lowest BCUT2D eigenvalue weighted by Crippen LogP contribution is -2.40. The number of benzene rings is 2. The van der Waals surface area contributed by atoms with E-state index in [1.165, 1.54) is 5.56 Å². The number of hydrogen-bond donors (Lipinski definition) is 0. The van der Waals surface area contributed by atoms with E-state index in [2.05, 4.69) is 24.0 Å². The van der Waals surface area contributed by atoms with E-state index < -0.39 is 0 Å². The minimum absolute atomic E-state index is 0.0849. The van der Waals surface area contributed by atoms with E-state index in [0.29, 0.717) is 30.3 Å². The summed E-state index contributed by atoms with van der Waals surface area (Å²) in [6.45, 7) is 3.22. The van der Waals surface area contributed by atoms with Crippen LogP contribution in [-0.4, -0.2) is 43.2 Å². The number of methoxy groups -OCH3 is 1. The van der Waals surface area contributed by atoms with Gasteiger partial charge in [0.05, 0.1) is 7.11 Å². The second-order valence-corrected chi connectivity index (χ2v) is 7.54. The summed E-state index contributed by atoms with van der Waals surface area (Å²) in [5.41, 5.74) is 1.94. The van der Waals surface area contributed by atoms with Crippen molar-refractivity contribution in [1.82, 2.24) is 4.90 Å². The Morgan fingerprint density at radius 3 is 2.57 bits per heavy atom. The van der Waals surface area contributed by atoms with Gasteiger partial charge in [-0.2, -0.15) is 0 Å². The molecular weight excluding hydrogens is 354 g/mol. The van der Waals surface area contributed by atoms with Crippen molar-refractivity contribution in [2.24, 2.45) is 0 Å². The second kappa shape index (κ2) is 8.13. The molecule has 1 fully saturated rings. The Labute approximate surface area is 166 Å². The van der Waals surface area contributed by atoms with Gasteiger partial charge in [-0.1, -0.05) is 12.1 Å². The van der Waals surface area contributed by atoms with Gasteiger partial charge in [0.2, 0.25) is 0 Å². The van der Waals surface area contributed by atoms with E-state index >= 15 is 0 Å². The van der Waals surface area contributed by atoms with Crippen molar-refractivity contribution >= 4 is 5.91 Å². The molecule has 2 heterocycles. The summed E-state index contributed by atoms with van der Waals surface area (Å²) in [6, 6.07) is 14.2. The molecule has 2 aliphatic rings. The van der Waals surface area contributed by atoms with Gasteiger partial charge in [-0.3, -0.25) is 4.79 Å². The van der Waals surface area contributed by atoms with E-state index in [0.717, 1.165) is 31.4 Å². The molecule has 5 heteroatoms. The summed E-state index contributed by atoms with van der Waals surface area (Å²) in [4.78, 5) is 15.3. The average Bonchev–Trinajstić information content (AvgIpc) is 3.12. The van der Waals surface area contributed by atoms with Crippen LogP contribution in [0.4, 0.5) is 0 Å². The van der Waals surface area contributed by atoms with Gasteiger partial charge in [0.1, 0.15) is 19.0 Å². The highest BCUT2D eigenvalue weighted by molar-refractivity contribution is 5.95. The van der Waals surface area contributed by atoms with Crippen molar-refractivity contribution in [1.29, 1.82) is 0 Å². The molecule has 1 saturated heterocycles. The predicted octanol–water partition coefficient (Wildman–Crippen LogP) is 4.09. The molecule has 148 valence electrons. The van der Waals surface area contributed by atoms with Crippen molar-refractivity contribution in [3.05, 3.63) is 53.6 Å². The fourth-order valence-corrected chi connectivity index (χ4v) is 4.17. The Bertz CT molecular complexity index is 833. The van der Waals surface area contributed by atoms with Gasteiger partial charge in [0.15, 0.2) is 11.5 Å². The maximum absolute atomic E-state index is 13.3. The molecule has 1 amide bonds. The molecule has 28 heavy (non-hydrogen) atoms. The van der Waals surface area contributed by atoms with E-state index in [-0.39, 0.29) is 18.0 Å². The number of aryl methyl sites for hydroxylation is 1. The lowest BCUT2D eigenvalue weighted by Gasteiger charge is -2.29. The number of likely N-dealkylation sites (tertiary alicyclic amines) is 1. The zero-order valence-electron chi connectivity index (χ0n) is 16.5. The standard InChI is InChI=1S/C23H27NO4/c1-16-3-8-19(9-4-17-5-10-20(26-2)11-6-17)24(16)23(25)18-7-12-21-22(15-18)28-14-13-27-21/h5-7,10-12,15-16,19H,3-4,8-9,13-14H2,1-2H3/t16-,19-/m1/s1. The Hall–Kier alpha value is -2.69. The fourth-order valence-electron chi connectivity index (χ4n) is 4.17. The first-order chi connectivity index (χ1) is 13.7. The van der Waals surface area contributed by atoms with Crippen LogP contribution in [0.3, 0.4) is 0 Å². The summed E-state index contributed by atoms with van der Waals surface area (Å²) in [7, 11) is 1.68. The highest BCUT2D eigenvalue weighted by Gasteiger charge is 2.34. The fraction of sp³-hybridized carbons (Fsp3) is 0.435.